The maximum absolute atomic E-state index is 13.9. The molecule has 0 aliphatic heterocycles. The molecule has 0 saturated heterocycles. The summed E-state index contributed by atoms with van der Waals surface area (Å²) in [6.45, 7) is -0.0347. The van der Waals surface area contributed by atoms with Crippen molar-refractivity contribution in [3.8, 4) is 11.8 Å². The molecule has 0 radical (unpaired) electrons. The standard InChI is InChI=1S/C17H14FNO2/c18-16-12-13(6-4-5-11-20)9-10-15(16)17(21)19-14-7-2-1-3-8-14/h1-3,7-10,12,20H,5,11H2,(H,19,21). The van der Waals surface area contributed by atoms with Gasteiger partial charge in [0.2, 0.25) is 0 Å². The van der Waals surface area contributed by atoms with Gasteiger partial charge in [-0.1, -0.05) is 30.0 Å². The zero-order valence-electron chi connectivity index (χ0n) is 11.3. The molecule has 0 unspecified atom stereocenters. The van der Waals surface area contributed by atoms with Crippen LogP contribution in [0.15, 0.2) is 48.5 Å². The van der Waals surface area contributed by atoms with Gasteiger partial charge in [0.25, 0.3) is 5.91 Å². The summed E-state index contributed by atoms with van der Waals surface area (Å²) in [6, 6.07) is 13.0. The van der Waals surface area contributed by atoms with Crippen molar-refractivity contribution in [1.29, 1.82) is 0 Å². The van der Waals surface area contributed by atoms with Gasteiger partial charge in [-0.05, 0) is 30.3 Å². The Morgan fingerprint density at radius 1 is 1.19 bits per heavy atom. The molecule has 0 fully saturated rings. The summed E-state index contributed by atoms with van der Waals surface area (Å²) in [4.78, 5) is 12.0. The Morgan fingerprint density at radius 3 is 2.62 bits per heavy atom. The van der Waals surface area contributed by atoms with Crippen molar-refractivity contribution in [2.24, 2.45) is 0 Å². The average Bonchev–Trinajstić information content (AvgIpc) is 2.48. The maximum Gasteiger partial charge on any atom is 0.258 e. The summed E-state index contributed by atoms with van der Waals surface area (Å²) in [5.41, 5.74) is 1.04. The van der Waals surface area contributed by atoms with Crippen molar-refractivity contribution in [2.75, 3.05) is 11.9 Å². The van der Waals surface area contributed by atoms with Gasteiger partial charge in [-0.15, -0.1) is 0 Å². The molecule has 0 saturated carbocycles. The number of carbonyl (C=O) groups is 1. The second-order valence-electron chi connectivity index (χ2n) is 4.29. The number of amides is 1. The van der Waals surface area contributed by atoms with E-state index < -0.39 is 11.7 Å². The SMILES string of the molecule is O=C(Nc1ccccc1)c1ccc(C#CCCO)cc1F. The fourth-order valence-electron chi connectivity index (χ4n) is 1.72. The number of nitrogens with one attached hydrogen (secondary N) is 1. The predicted octanol–water partition coefficient (Wildman–Crippen LogP) is 2.81. The number of hydrogen-bond acceptors (Lipinski definition) is 2. The Morgan fingerprint density at radius 2 is 1.95 bits per heavy atom. The van der Waals surface area contributed by atoms with Crippen LogP contribution in [0.4, 0.5) is 10.1 Å². The third-order valence-corrected chi connectivity index (χ3v) is 2.71. The van der Waals surface area contributed by atoms with Crippen molar-refractivity contribution in [2.45, 2.75) is 6.42 Å². The van der Waals surface area contributed by atoms with Crippen molar-refractivity contribution in [3.05, 3.63) is 65.5 Å². The van der Waals surface area contributed by atoms with Gasteiger partial charge in [-0.25, -0.2) is 4.39 Å². The molecular weight excluding hydrogens is 269 g/mol. The van der Waals surface area contributed by atoms with Crippen LogP contribution in [0, 0.1) is 17.7 Å². The summed E-state index contributed by atoms with van der Waals surface area (Å²) in [5, 5.41) is 11.2. The number of carbonyl (C=O) groups excluding carboxylic acids is 1. The monoisotopic (exact) mass is 283 g/mol. The van der Waals surface area contributed by atoms with Gasteiger partial charge in [0.1, 0.15) is 5.82 Å². The Labute approximate surface area is 122 Å². The summed E-state index contributed by atoms with van der Waals surface area (Å²) in [7, 11) is 0. The van der Waals surface area contributed by atoms with Gasteiger partial charge in [0, 0.05) is 17.7 Å². The van der Waals surface area contributed by atoms with E-state index in [9.17, 15) is 9.18 Å². The number of aliphatic hydroxyl groups excluding tert-OH is 1. The van der Waals surface area contributed by atoms with Crippen molar-refractivity contribution in [3.63, 3.8) is 0 Å². The number of rotatable bonds is 3. The fraction of sp³-hybridized carbons (Fsp3) is 0.118. The minimum atomic E-state index is -0.626. The molecule has 21 heavy (non-hydrogen) atoms. The van der Waals surface area contributed by atoms with E-state index in [1.165, 1.54) is 12.1 Å². The first-order valence-corrected chi connectivity index (χ1v) is 6.46. The molecule has 0 aliphatic carbocycles. The summed E-state index contributed by atoms with van der Waals surface area (Å²) in [5.74, 6) is 4.29. The molecule has 2 aromatic carbocycles. The molecule has 0 aromatic heterocycles. The topological polar surface area (TPSA) is 49.3 Å². The Bertz CT molecular complexity index is 687. The van der Waals surface area contributed by atoms with Gasteiger partial charge in [-0.3, -0.25) is 4.79 Å². The van der Waals surface area contributed by atoms with E-state index >= 15 is 0 Å². The summed E-state index contributed by atoms with van der Waals surface area (Å²) < 4.78 is 13.9. The van der Waals surface area contributed by atoms with Gasteiger partial charge in [0.15, 0.2) is 0 Å². The molecule has 2 aromatic rings. The molecule has 106 valence electrons. The highest BCUT2D eigenvalue weighted by Crippen LogP contribution is 2.13. The van der Waals surface area contributed by atoms with E-state index in [2.05, 4.69) is 17.2 Å². The van der Waals surface area contributed by atoms with Crippen molar-refractivity contribution < 1.29 is 14.3 Å². The zero-order chi connectivity index (χ0) is 15.1. The van der Waals surface area contributed by atoms with Gasteiger partial charge >= 0.3 is 0 Å². The zero-order valence-corrected chi connectivity index (χ0v) is 11.3. The van der Waals surface area contributed by atoms with Crippen LogP contribution in [-0.4, -0.2) is 17.6 Å². The van der Waals surface area contributed by atoms with E-state index in [0.29, 0.717) is 17.7 Å². The number of benzene rings is 2. The molecule has 0 bridgehead atoms. The number of halogens is 1. The highest BCUT2D eigenvalue weighted by molar-refractivity contribution is 6.04. The molecule has 0 aliphatic rings. The van der Waals surface area contributed by atoms with Gasteiger partial charge in [0.05, 0.1) is 12.2 Å². The Kier molecular flexibility index (Phi) is 5.08. The Balaban J connectivity index is 2.14. The lowest BCUT2D eigenvalue weighted by molar-refractivity contribution is 0.102. The molecular formula is C17H14FNO2. The van der Waals surface area contributed by atoms with Gasteiger partial charge in [-0.2, -0.15) is 0 Å². The lowest BCUT2D eigenvalue weighted by atomic mass is 10.1. The predicted molar refractivity (Wildman–Crippen MR) is 79.4 cm³/mol. The van der Waals surface area contributed by atoms with Crippen LogP contribution in [0.5, 0.6) is 0 Å². The molecule has 4 heteroatoms. The van der Waals surface area contributed by atoms with Crippen molar-refractivity contribution >= 4 is 11.6 Å². The van der Waals surface area contributed by atoms with Crippen LogP contribution in [0.2, 0.25) is 0 Å². The highest BCUT2D eigenvalue weighted by atomic mass is 19.1. The first-order valence-electron chi connectivity index (χ1n) is 6.46. The molecule has 0 heterocycles. The highest BCUT2D eigenvalue weighted by Gasteiger charge is 2.11. The molecule has 2 N–H and O–H groups in total. The van der Waals surface area contributed by atoms with E-state index in [0.717, 1.165) is 0 Å². The normalized spacial score (nSPS) is 9.62. The van der Waals surface area contributed by atoms with Crippen LogP contribution >= 0.6 is 0 Å². The Hall–Kier alpha value is -2.64. The average molecular weight is 283 g/mol. The van der Waals surface area contributed by atoms with Crippen LogP contribution in [0.3, 0.4) is 0 Å². The largest absolute Gasteiger partial charge is 0.395 e. The van der Waals surface area contributed by atoms with E-state index in [4.69, 9.17) is 5.11 Å². The second kappa shape index (κ2) is 7.22. The van der Waals surface area contributed by atoms with E-state index in [1.54, 1.807) is 30.3 Å². The maximum atomic E-state index is 13.9. The molecule has 3 nitrogen and oxygen atoms in total. The smallest absolute Gasteiger partial charge is 0.258 e. The van der Waals surface area contributed by atoms with Gasteiger partial charge < -0.3 is 10.4 Å². The van der Waals surface area contributed by atoms with E-state index in [1.807, 2.05) is 6.07 Å². The number of anilines is 1. The van der Waals surface area contributed by atoms with Crippen LogP contribution < -0.4 is 5.32 Å². The van der Waals surface area contributed by atoms with E-state index in [-0.39, 0.29) is 12.2 Å². The molecule has 0 spiro atoms. The van der Waals surface area contributed by atoms with Crippen LogP contribution in [-0.2, 0) is 0 Å². The number of aliphatic hydroxyl groups is 1. The minimum Gasteiger partial charge on any atom is -0.395 e. The molecule has 2 rings (SSSR count). The van der Waals surface area contributed by atoms with Crippen LogP contribution in [0.1, 0.15) is 22.3 Å². The molecule has 0 atom stereocenters. The van der Waals surface area contributed by atoms with Crippen LogP contribution in [0.25, 0.3) is 0 Å². The summed E-state index contributed by atoms with van der Waals surface area (Å²) in [6.07, 6.45) is 0.331. The first kappa shape index (κ1) is 14.8. The number of hydrogen-bond donors (Lipinski definition) is 2. The minimum absolute atomic E-state index is 0.0347. The third kappa shape index (κ3) is 4.16. The fourth-order valence-corrected chi connectivity index (χ4v) is 1.72. The van der Waals surface area contributed by atoms with Crippen molar-refractivity contribution in [1.82, 2.24) is 0 Å². The first-order chi connectivity index (χ1) is 10.2. The summed E-state index contributed by atoms with van der Waals surface area (Å²) >= 11 is 0. The molecule has 1 amide bonds. The lowest BCUT2D eigenvalue weighted by Crippen LogP contribution is -2.13. The quantitative estimate of drug-likeness (QED) is 0.851. The lowest BCUT2D eigenvalue weighted by Gasteiger charge is -2.06. The third-order valence-electron chi connectivity index (χ3n) is 2.71. The number of para-hydroxylation sites is 1. The second-order valence-corrected chi connectivity index (χ2v) is 4.29.